The molecule has 2 nitrogen and oxygen atoms in total. The smallest absolute Gasteiger partial charge is 0.0843 e. The fourth-order valence-corrected chi connectivity index (χ4v) is 3.12. The van der Waals surface area contributed by atoms with Gasteiger partial charge in [-0.1, -0.05) is 0 Å². The average molecular weight is 343 g/mol. The van der Waals surface area contributed by atoms with Crippen LogP contribution in [0.5, 0.6) is 0 Å². The molecule has 1 rings (SSSR count). The van der Waals surface area contributed by atoms with Gasteiger partial charge in [0.1, 0.15) is 0 Å². The van der Waals surface area contributed by atoms with Crippen LogP contribution in [0.25, 0.3) is 0 Å². The predicted molar refractivity (Wildman–Crippen MR) is 67.7 cm³/mol. The van der Waals surface area contributed by atoms with Crippen molar-refractivity contribution >= 4 is 43.2 Å². The maximum Gasteiger partial charge on any atom is 0.0843 e. The van der Waals surface area contributed by atoms with Crippen molar-refractivity contribution in [1.82, 2.24) is 5.32 Å². The molecule has 5 heteroatoms. The molecule has 0 aliphatic rings. The summed E-state index contributed by atoms with van der Waals surface area (Å²) in [5.41, 5.74) is -0.647. The summed E-state index contributed by atoms with van der Waals surface area (Å²) in [4.78, 5) is 1.24. The molecule has 0 unspecified atom stereocenters. The topological polar surface area (TPSA) is 32.3 Å². The van der Waals surface area contributed by atoms with E-state index in [1.165, 1.54) is 4.88 Å². The fourth-order valence-electron chi connectivity index (χ4n) is 0.970. The van der Waals surface area contributed by atoms with Crippen LogP contribution in [0.15, 0.2) is 14.3 Å². The normalized spacial score (nSPS) is 12.1. The number of aliphatic hydroxyl groups is 1. The number of hydrogen-bond acceptors (Lipinski definition) is 3. The minimum atomic E-state index is -0.647. The third kappa shape index (κ3) is 4.40. The Morgan fingerprint density at radius 3 is 2.57 bits per heavy atom. The highest BCUT2D eigenvalue weighted by atomic mass is 79.9. The molecule has 0 aromatic carbocycles. The van der Waals surface area contributed by atoms with Crippen LogP contribution in [0.4, 0.5) is 0 Å². The molecule has 0 saturated carbocycles. The van der Waals surface area contributed by atoms with Crippen molar-refractivity contribution in [1.29, 1.82) is 0 Å². The van der Waals surface area contributed by atoms with Gasteiger partial charge in [0.15, 0.2) is 0 Å². The van der Waals surface area contributed by atoms with Gasteiger partial charge in [0.2, 0.25) is 0 Å². The molecular weight excluding hydrogens is 330 g/mol. The van der Waals surface area contributed by atoms with Crippen LogP contribution in [0.3, 0.4) is 0 Å². The maximum atomic E-state index is 9.48. The van der Waals surface area contributed by atoms with Gasteiger partial charge in [0.25, 0.3) is 0 Å². The van der Waals surface area contributed by atoms with Crippen molar-refractivity contribution in [2.24, 2.45) is 0 Å². The molecule has 0 amide bonds. The van der Waals surface area contributed by atoms with E-state index in [2.05, 4.69) is 43.2 Å². The first-order valence-electron chi connectivity index (χ1n) is 4.25. The molecule has 2 N–H and O–H groups in total. The second-order valence-corrected chi connectivity index (χ2v) is 7.06. The Hall–Kier alpha value is 0.580. The Kier molecular flexibility index (Phi) is 4.58. The highest BCUT2D eigenvalue weighted by molar-refractivity contribution is 9.13. The van der Waals surface area contributed by atoms with E-state index in [0.717, 1.165) is 14.8 Å². The Bertz CT molecular complexity index is 287. The maximum absolute atomic E-state index is 9.48. The largest absolute Gasteiger partial charge is 0.389 e. The second-order valence-electron chi connectivity index (χ2n) is 3.75. The number of thiophene rings is 1. The van der Waals surface area contributed by atoms with Crippen LogP contribution in [0.2, 0.25) is 0 Å². The molecule has 1 heterocycles. The summed E-state index contributed by atoms with van der Waals surface area (Å²) in [7, 11) is 0. The van der Waals surface area contributed by atoms with Crippen molar-refractivity contribution in [2.45, 2.75) is 26.0 Å². The lowest BCUT2D eigenvalue weighted by Crippen LogP contribution is -2.34. The third-order valence-corrected chi connectivity index (χ3v) is 4.81. The van der Waals surface area contributed by atoms with Crippen LogP contribution >= 0.6 is 43.2 Å². The summed E-state index contributed by atoms with van der Waals surface area (Å²) in [5, 5.41) is 12.7. The summed E-state index contributed by atoms with van der Waals surface area (Å²) < 4.78 is 2.19. The van der Waals surface area contributed by atoms with Crippen LogP contribution < -0.4 is 5.32 Å². The Morgan fingerprint density at radius 1 is 1.50 bits per heavy atom. The number of nitrogens with one attached hydrogen (secondary N) is 1. The molecular formula is C9H13Br2NOS. The van der Waals surface area contributed by atoms with Gasteiger partial charge in [-0.15, -0.1) is 11.3 Å². The molecule has 0 aliphatic carbocycles. The van der Waals surface area contributed by atoms with Gasteiger partial charge in [-0.05, 0) is 51.8 Å². The fraction of sp³-hybridized carbons (Fsp3) is 0.556. The molecule has 0 bridgehead atoms. The van der Waals surface area contributed by atoms with Gasteiger partial charge in [-0.25, -0.2) is 0 Å². The van der Waals surface area contributed by atoms with Gasteiger partial charge >= 0.3 is 0 Å². The first-order valence-corrected chi connectivity index (χ1v) is 6.65. The summed E-state index contributed by atoms with van der Waals surface area (Å²) in [6.07, 6.45) is 0. The van der Waals surface area contributed by atoms with Crippen molar-refractivity contribution < 1.29 is 5.11 Å². The zero-order valence-corrected chi connectivity index (χ0v) is 12.1. The van der Waals surface area contributed by atoms with E-state index in [0.29, 0.717) is 6.54 Å². The summed E-state index contributed by atoms with van der Waals surface area (Å²) in [6, 6.07) is 2.08. The minimum absolute atomic E-state index is 0.597. The molecule has 14 heavy (non-hydrogen) atoms. The molecule has 0 spiro atoms. The standard InChI is InChI=1S/C9H13Br2NOS/c1-9(2,13)5-12-4-6-3-7(10)8(11)14-6/h3,12-13H,4-5H2,1-2H3. The van der Waals surface area contributed by atoms with E-state index in [4.69, 9.17) is 0 Å². The Balaban J connectivity index is 2.39. The predicted octanol–water partition coefficient (Wildman–Crippen LogP) is 3.13. The lowest BCUT2D eigenvalue weighted by atomic mass is 10.1. The van der Waals surface area contributed by atoms with Crippen LogP contribution in [0.1, 0.15) is 18.7 Å². The van der Waals surface area contributed by atoms with E-state index in [1.54, 1.807) is 25.2 Å². The Labute approximate surface area is 105 Å². The molecule has 1 aromatic heterocycles. The van der Waals surface area contributed by atoms with E-state index in [9.17, 15) is 5.11 Å². The van der Waals surface area contributed by atoms with Crippen molar-refractivity contribution in [3.8, 4) is 0 Å². The van der Waals surface area contributed by atoms with Crippen molar-refractivity contribution in [3.05, 3.63) is 19.2 Å². The van der Waals surface area contributed by atoms with Crippen molar-refractivity contribution in [3.63, 3.8) is 0 Å². The van der Waals surface area contributed by atoms with Gasteiger partial charge in [-0.3, -0.25) is 0 Å². The van der Waals surface area contributed by atoms with Crippen LogP contribution in [-0.2, 0) is 6.54 Å². The minimum Gasteiger partial charge on any atom is -0.389 e. The molecule has 80 valence electrons. The van der Waals surface area contributed by atoms with Gasteiger partial charge < -0.3 is 10.4 Å². The molecule has 0 atom stereocenters. The van der Waals surface area contributed by atoms with E-state index in [1.807, 2.05) is 0 Å². The first-order chi connectivity index (χ1) is 6.38. The van der Waals surface area contributed by atoms with Crippen molar-refractivity contribution in [2.75, 3.05) is 6.54 Å². The lowest BCUT2D eigenvalue weighted by Gasteiger charge is -2.17. The first kappa shape index (κ1) is 12.6. The van der Waals surface area contributed by atoms with Crippen LogP contribution in [0, 0.1) is 0 Å². The zero-order chi connectivity index (χ0) is 10.8. The van der Waals surface area contributed by atoms with E-state index < -0.39 is 5.60 Å². The van der Waals surface area contributed by atoms with E-state index in [-0.39, 0.29) is 0 Å². The highest BCUT2D eigenvalue weighted by Crippen LogP contribution is 2.32. The lowest BCUT2D eigenvalue weighted by molar-refractivity contribution is 0.0796. The molecule has 1 aromatic rings. The number of rotatable bonds is 4. The number of hydrogen-bond donors (Lipinski definition) is 2. The summed E-state index contributed by atoms with van der Waals surface area (Å²) in [5.74, 6) is 0. The third-order valence-electron chi connectivity index (χ3n) is 1.55. The highest BCUT2D eigenvalue weighted by Gasteiger charge is 2.11. The SMILES string of the molecule is CC(C)(O)CNCc1cc(Br)c(Br)s1. The zero-order valence-electron chi connectivity index (χ0n) is 8.10. The van der Waals surface area contributed by atoms with Gasteiger partial charge in [0.05, 0.1) is 9.39 Å². The second kappa shape index (κ2) is 5.07. The average Bonchev–Trinajstić information content (AvgIpc) is 2.28. The summed E-state index contributed by atoms with van der Waals surface area (Å²) in [6.45, 7) is 4.97. The summed E-state index contributed by atoms with van der Waals surface area (Å²) >= 11 is 8.57. The molecule has 0 aliphatic heterocycles. The quantitative estimate of drug-likeness (QED) is 0.881. The van der Waals surface area contributed by atoms with Crippen LogP contribution in [-0.4, -0.2) is 17.3 Å². The Morgan fingerprint density at radius 2 is 2.14 bits per heavy atom. The van der Waals surface area contributed by atoms with Gasteiger partial charge in [-0.2, -0.15) is 0 Å². The monoisotopic (exact) mass is 341 g/mol. The van der Waals surface area contributed by atoms with Gasteiger partial charge in [0, 0.05) is 22.4 Å². The molecule has 0 radical (unpaired) electrons. The molecule has 0 saturated heterocycles. The number of halogens is 2. The molecule has 0 fully saturated rings. The van der Waals surface area contributed by atoms with E-state index >= 15 is 0 Å².